The zero-order valence-corrected chi connectivity index (χ0v) is 19.8. The number of anilines is 1. The maximum atomic E-state index is 9.45. The third-order valence-corrected chi connectivity index (χ3v) is 4.71. The summed E-state index contributed by atoms with van der Waals surface area (Å²) < 4.78 is 8.43. The van der Waals surface area contributed by atoms with Gasteiger partial charge in [0.25, 0.3) is 0 Å². The number of benzene rings is 1. The second kappa shape index (κ2) is 7.19. The summed E-state index contributed by atoms with van der Waals surface area (Å²) in [7, 11) is 0. The van der Waals surface area contributed by atoms with Crippen molar-refractivity contribution in [2.24, 2.45) is 4.99 Å². The lowest BCUT2D eigenvalue weighted by atomic mass is 9.99. The van der Waals surface area contributed by atoms with Gasteiger partial charge in [-0.15, -0.1) is 0 Å². The highest BCUT2D eigenvalue weighted by Gasteiger charge is 2.38. The van der Waals surface area contributed by atoms with Gasteiger partial charge in [-0.25, -0.2) is 4.99 Å². The topological polar surface area (TPSA) is 62.3 Å². The summed E-state index contributed by atoms with van der Waals surface area (Å²) in [5.74, 6) is 1.73. The fourth-order valence-corrected chi connectivity index (χ4v) is 3.78. The van der Waals surface area contributed by atoms with Crippen LogP contribution in [0.1, 0.15) is 79.1 Å². The first-order valence-corrected chi connectivity index (χ1v) is 10.5. The Morgan fingerprint density at radius 2 is 1.73 bits per heavy atom. The van der Waals surface area contributed by atoms with Gasteiger partial charge in [0.2, 0.25) is 5.90 Å². The van der Waals surface area contributed by atoms with Crippen molar-refractivity contribution in [3.05, 3.63) is 41.1 Å². The van der Waals surface area contributed by atoms with Crippen molar-refractivity contribution in [3.63, 3.8) is 0 Å². The Balaban J connectivity index is 2.41. The normalized spacial score (nSPS) is 15.7. The molecule has 0 saturated carbocycles. The number of aliphatic imine (C=N–C) groups is 1. The number of fused-ring (bicyclic) bond motifs is 1. The summed E-state index contributed by atoms with van der Waals surface area (Å²) in [6.07, 6.45) is 0. The monoisotopic (exact) mass is 406 g/mol. The van der Waals surface area contributed by atoms with E-state index in [1.165, 1.54) is 0 Å². The van der Waals surface area contributed by atoms with Gasteiger partial charge in [0.15, 0.2) is 0 Å². The van der Waals surface area contributed by atoms with Crippen molar-refractivity contribution < 1.29 is 4.74 Å². The van der Waals surface area contributed by atoms with Crippen molar-refractivity contribution in [3.8, 4) is 17.2 Å². The number of nitriles is 1. The largest absolute Gasteiger partial charge is 0.471 e. The van der Waals surface area contributed by atoms with E-state index in [0.29, 0.717) is 18.1 Å². The SMILES string of the molecule is CC(C)(C)N=C1OCc2c(-c3cccc(C#N)c3)c(NC(C)(C)C)n(C(C)(C)C)c21. The van der Waals surface area contributed by atoms with Gasteiger partial charge in [-0.3, -0.25) is 0 Å². The van der Waals surface area contributed by atoms with Crippen LogP contribution >= 0.6 is 0 Å². The molecule has 0 saturated heterocycles. The number of nitrogens with one attached hydrogen (secondary N) is 1. The zero-order valence-electron chi connectivity index (χ0n) is 19.8. The van der Waals surface area contributed by atoms with E-state index in [0.717, 1.165) is 28.2 Å². The van der Waals surface area contributed by atoms with Crippen LogP contribution in [-0.2, 0) is 16.9 Å². The summed E-state index contributed by atoms with van der Waals surface area (Å²) >= 11 is 0. The van der Waals surface area contributed by atoms with E-state index in [1.807, 2.05) is 18.2 Å². The lowest BCUT2D eigenvalue weighted by molar-refractivity contribution is 0.305. The van der Waals surface area contributed by atoms with Crippen molar-refractivity contribution in [1.82, 2.24) is 4.57 Å². The molecule has 160 valence electrons. The predicted molar refractivity (Wildman–Crippen MR) is 124 cm³/mol. The third kappa shape index (κ3) is 4.38. The molecule has 2 aromatic rings. The van der Waals surface area contributed by atoms with Crippen LogP contribution in [0.5, 0.6) is 0 Å². The first-order valence-electron chi connectivity index (χ1n) is 10.5. The van der Waals surface area contributed by atoms with E-state index in [2.05, 4.69) is 84.3 Å². The molecule has 0 atom stereocenters. The molecule has 0 aliphatic carbocycles. The number of hydrogen-bond acceptors (Lipinski definition) is 4. The molecular formula is C25H34N4O. The van der Waals surface area contributed by atoms with Crippen molar-refractivity contribution in [2.75, 3.05) is 5.32 Å². The standard InChI is InChI=1S/C25H34N4O/c1-23(2,3)27-21-19(17-12-10-11-16(13-17)14-26)18-15-30-22(28-24(4,5)6)20(18)29(21)25(7,8)9/h10-13,27H,15H2,1-9H3. The average molecular weight is 407 g/mol. The molecule has 3 rings (SSSR count). The fourth-order valence-electron chi connectivity index (χ4n) is 3.78. The predicted octanol–water partition coefficient (Wildman–Crippen LogP) is 6.07. The van der Waals surface area contributed by atoms with Crippen LogP contribution in [0.2, 0.25) is 0 Å². The molecule has 0 fully saturated rings. The second-order valence-electron chi connectivity index (χ2n) is 11.0. The zero-order chi connectivity index (χ0) is 22.5. The highest BCUT2D eigenvalue weighted by molar-refractivity contribution is 6.02. The first-order chi connectivity index (χ1) is 13.7. The Morgan fingerprint density at radius 3 is 2.27 bits per heavy atom. The van der Waals surface area contributed by atoms with Gasteiger partial charge in [0, 0.05) is 22.2 Å². The molecule has 1 aromatic heterocycles. The molecule has 0 spiro atoms. The maximum absolute atomic E-state index is 9.45. The Bertz CT molecular complexity index is 1030. The van der Waals surface area contributed by atoms with Gasteiger partial charge in [-0.2, -0.15) is 5.26 Å². The van der Waals surface area contributed by atoms with Crippen LogP contribution in [0, 0.1) is 11.3 Å². The van der Waals surface area contributed by atoms with Crippen LogP contribution in [0.4, 0.5) is 5.82 Å². The van der Waals surface area contributed by atoms with Crippen LogP contribution < -0.4 is 5.32 Å². The van der Waals surface area contributed by atoms with Crippen molar-refractivity contribution >= 4 is 11.7 Å². The average Bonchev–Trinajstić information content (AvgIpc) is 3.09. The maximum Gasteiger partial charge on any atom is 0.234 e. The van der Waals surface area contributed by atoms with E-state index >= 15 is 0 Å². The summed E-state index contributed by atoms with van der Waals surface area (Å²) in [6.45, 7) is 19.8. The summed E-state index contributed by atoms with van der Waals surface area (Å²) in [4.78, 5) is 4.90. The van der Waals surface area contributed by atoms with Gasteiger partial charge in [0.05, 0.1) is 17.2 Å². The lowest BCUT2D eigenvalue weighted by Crippen LogP contribution is -2.33. The van der Waals surface area contributed by atoms with E-state index in [4.69, 9.17) is 9.73 Å². The van der Waals surface area contributed by atoms with E-state index in [9.17, 15) is 5.26 Å². The molecule has 1 N–H and O–H groups in total. The Morgan fingerprint density at radius 1 is 1.07 bits per heavy atom. The van der Waals surface area contributed by atoms with Crippen molar-refractivity contribution in [2.45, 2.75) is 85.5 Å². The molecule has 0 bridgehead atoms. The van der Waals surface area contributed by atoms with Crippen LogP contribution in [0.25, 0.3) is 11.1 Å². The molecule has 1 aliphatic rings. The molecule has 0 unspecified atom stereocenters. The van der Waals surface area contributed by atoms with Gasteiger partial charge in [-0.05, 0) is 80.0 Å². The molecule has 30 heavy (non-hydrogen) atoms. The molecular weight excluding hydrogens is 372 g/mol. The van der Waals surface area contributed by atoms with E-state index in [-0.39, 0.29) is 16.6 Å². The lowest BCUT2D eigenvalue weighted by Gasteiger charge is -2.32. The quantitative estimate of drug-likeness (QED) is 0.658. The molecule has 1 aliphatic heterocycles. The van der Waals surface area contributed by atoms with Gasteiger partial charge in [0.1, 0.15) is 18.1 Å². The van der Waals surface area contributed by atoms with Crippen molar-refractivity contribution in [1.29, 1.82) is 5.26 Å². The number of rotatable bonds is 2. The summed E-state index contributed by atoms with van der Waals surface area (Å²) in [5, 5.41) is 13.2. The summed E-state index contributed by atoms with van der Waals surface area (Å²) in [6, 6.07) is 10.1. The summed E-state index contributed by atoms with van der Waals surface area (Å²) in [5.41, 5.74) is 4.31. The van der Waals surface area contributed by atoms with Crippen LogP contribution in [0.15, 0.2) is 29.3 Å². The molecule has 5 heteroatoms. The smallest absolute Gasteiger partial charge is 0.234 e. The number of ether oxygens (including phenoxy) is 1. The molecule has 2 heterocycles. The number of hydrogen-bond donors (Lipinski definition) is 1. The first kappa shape index (κ1) is 22.0. The molecule has 1 aromatic carbocycles. The van der Waals surface area contributed by atoms with Gasteiger partial charge < -0.3 is 14.6 Å². The second-order valence-corrected chi connectivity index (χ2v) is 11.0. The van der Waals surface area contributed by atoms with Crippen LogP contribution in [-0.4, -0.2) is 21.5 Å². The van der Waals surface area contributed by atoms with Gasteiger partial charge in [-0.1, -0.05) is 12.1 Å². The Hall–Kier alpha value is -2.74. The minimum absolute atomic E-state index is 0.140. The van der Waals surface area contributed by atoms with E-state index < -0.39 is 0 Å². The number of aromatic nitrogens is 1. The minimum atomic E-state index is -0.248. The fraction of sp³-hybridized carbons (Fsp3) is 0.520. The molecule has 5 nitrogen and oxygen atoms in total. The Kier molecular flexibility index (Phi) is 5.27. The number of nitrogens with zero attached hydrogens (tertiary/aromatic N) is 3. The minimum Gasteiger partial charge on any atom is -0.471 e. The highest BCUT2D eigenvalue weighted by Crippen LogP contribution is 2.45. The van der Waals surface area contributed by atoms with Gasteiger partial charge >= 0.3 is 0 Å². The molecule has 0 radical (unpaired) electrons. The Labute approximate surface area is 180 Å². The van der Waals surface area contributed by atoms with E-state index in [1.54, 1.807) is 0 Å². The highest BCUT2D eigenvalue weighted by atomic mass is 16.5. The molecule has 0 amide bonds. The van der Waals surface area contributed by atoms with Crippen LogP contribution in [0.3, 0.4) is 0 Å². The third-order valence-electron chi connectivity index (χ3n) is 4.71.